The molecule has 1 aliphatic heterocycles. The van der Waals surface area contributed by atoms with Crippen molar-refractivity contribution in [3.05, 3.63) is 71.0 Å². The third kappa shape index (κ3) is 3.99. The highest BCUT2D eigenvalue weighted by molar-refractivity contribution is 6.15. The van der Waals surface area contributed by atoms with Crippen LogP contribution < -0.4 is 5.32 Å². The summed E-state index contributed by atoms with van der Waals surface area (Å²) in [5, 5.41) is 3.17. The van der Waals surface area contributed by atoms with Gasteiger partial charge in [0, 0.05) is 24.2 Å². The zero-order valence-corrected chi connectivity index (χ0v) is 14.9. The summed E-state index contributed by atoms with van der Waals surface area (Å²) in [7, 11) is 1.91. The lowest BCUT2D eigenvalue weighted by Crippen LogP contribution is -2.42. The Labute approximate surface area is 153 Å². The lowest BCUT2D eigenvalue weighted by atomic mass is 9.94. The number of nitrogens with one attached hydrogen (secondary N) is 1. The molecule has 0 unspecified atom stereocenters. The van der Waals surface area contributed by atoms with Crippen LogP contribution in [0.15, 0.2) is 48.5 Å². The van der Waals surface area contributed by atoms with E-state index in [9.17, 15) is 14.0 Å². The van der Waals surface area contributed by atoms with Crippen molar-refractivity contribution in [3.63, 3.8) is 0 Å². The molecule has 1 amide bonds. The molecule has 1 heterocycles. The van der Waals surface area contributed by atoms with Gasteiger partial charge in [-0.05, 0) is 62.7 Å². The molecular formula is C21H23FN2O2. The second-order valence-corrected chi connectivity index (χ2v) is 6.70. The molecule has 1 atom stereocenters. The number of benzene rings is 2. The van der Waals surface area contributed by atoms with Crippen molar-refractivity contribution in [1.29, 1.82) is 0 Å². The van der Waals surface area contributed by atoms with Gasteiger partial charge in [0.25, 0.3) is 5.91 Å². The topological polar surface area (TPSA) is 49.4 Å². The first-order valence-corrected chi connectivity index (χ1v) is 8.93. The number of nitrogens with zero attached hydrogens (tertiary/aromatic N) is 1. The van der Waals surface area contributed by atoms with Crippen molar-refractivity contribution >= 4 is 11.7 Å². The number of piperidine rings is 1. The normalized spacial score (nSPS) is 17.2. The number of carbonyl (C=O) groups excluding carboxylic acids is 2. The van der Waals surface area contributed by atoms with Gasteiger partial charge in [0.1, 0.15) is 5.82 Å². The maximum absolute atomic E-state index is 13.1. The van der Waals surface area contributed by atoms with Crippen LogP contribution in [0.25, 0.3) is 0 Å². The SMILES string of the molecule is CNC[C@@H]1CCCN(C(=O)c2ccccc2C(=O)c2ccc(F)cc2)C1. The van der Waals surface area contributed by atoms with Crippen molar-refractivity contribution in [3.8, 4) is 0 Å². The van der Waals surface area contributed by atoms with Crippen molar-refractivity contribution in [2.24, 2.45) is 5.92 Å². The molecule has 136 valence electrons. The van der Waals surface area contributed by atoms with Gasteiger partial charge in [-0.15, -0.1) is 0 Å². The average Bonchev–Trinajstić information content (AvgIpc) is 2.68. The van der Waals surface area contributed by atoms with Gasteiger partial charge in [0.2, 0.25) is 0 Å². The maximum Gasteiger partial charge on any atom is 0.254 e. The molecule has 1 N–H and O–H groups in total. The number of likely N-dealkylation sites (tertiary alicyclic amines) is 1. The molecular weight excluding hydrogens is 331 g/mol. The molecule has 5 heteroatoms. The fourth-order valence-corrected chi connectivity index (χ4v) is 3.50. The molecule has 26 heavy (non-hydrogen) atoms. The van der Waals surface area contributed by atoms with E-state index < -0.39 is 5.82 Å². The molecule has 1 saturated heterocycles. The molecule has 0 radical (unpaired) electrons. The van der Waals surface area contributed by atoms with E-state index in [4.69, 9.17) is 0 Å². The second kappa shape index (κ2) is 8.23. The first-order valence-electron chi connectivity index (χ1n) is 8.93. The third-order valence-corrected chi connectivity index (χ3v) is 4.81. The van der Waals surface area contributed by atoms with Crippen LogP contribution in [-0.2, 0) is 0 Å². The summed E-state index contributed by atoms with van der Waals surface area (Å²) in [6.07, 6.45) is 2.06. The van der Waals surface area contributed by atoms with E-state index in [1.165, 1.54) is 24.3 Å². The summed E-state index contributed by atoms with van der Waals surface area (Å²) in [6.45, 7) is 2.27. The minimum atomic E-state index is -0.394. The Morgan fingerprint density at radius 1 is 1.12 bits per heavy atom. The van der Waals surface area contributed by atoms with E-state index >= 15 is 0 Å². The molecule has 1 fully saturated rings. The minimum absolute atomic E-state index is 0.114. The van der Waals surface area contributed by atoms with Crippen LogP contribution in [0.5, 0.6) is 0 Å². The monoisotopic (exact) mass is 354 g/mol. The van der Waals surface area contributed by atoms with Crippen molar-refractivity contribution in [2.45, 2.75) is 12.8 Å². The Morgan fingerprint density at radius 2 is 1.81 bits per heavy atom. The highest BCUT2D eigenvalue weighted by Crippen LogP contribution is 2.21. The molecule has 3 rings (SSSR count). The van der Waals surface area contributed by atoms with Gasteiger partial charge < -0.3 is 10.2 Å². The first kappa shape index (κ1) is 18.3. The third-order valence-electron chi connectivity index (χ3n) is 4.81. The Kier molecular flexibility index (Phi) is 5.78. The van der Waals surface area contributed by atoms with Crippen LogP contribution in [0.4, 0.5) is 4.39 Å². The van der Waals surface area contributed by atoms with Crippen LogP contribution in [0, 0.1) is 11.7 Å². The minimum Gasteiger partial charge on any atom is -0.338 e. The Balaban J connectivity index is 1.85. The van der Waals surface area contributed by atoms with Crippen LogP contribution >= 0.6 is 0 Å². The first-order chi connectivity index (χ1) is 12.6. The fraction of sp³-hybridized carbons (Fsp3) is 0.333. The van der Waals surface area contributed by atoms with Gasteiger partial charge in [0.15, 0.2) is 5.78 Å². The van der Waals surface area contributed by atoms with Gasteiger partial charge in [-0.1, -0.05) is 18.2 Å². The number of halogens is 1. The number of ketones is 1. The smallest absolute Gasteiger partial charge is 0.254 e. The van der Waals surface area contributed by atoms with Crippen LogP contribution in [-0.4, -0.2) is 43.3 Å². The average molecular weight is 354 g/mol. The molecule has 0 aliphatic carbocycles. The quantitative estimate of drug-likeness (QED) is 0.840. The predicted molar refractivity (Wildman–Crippen MR) is 98.8 cm³/mol. The highest BCUT2D eigenvalue weighted by Gasteiger charge is 2.27. The lowest BCUT2D eigenvalue weighted by molar-refractivity contribution is 0.0671. The van der Waals surface area contributed by atoms with Gasteiger partial charge in [-0.2, -0.15) is 0 Å². The molecule has 4 nitrogen and oxygen atoms in total. The zero-order chi connectivity index (χ0) is 18.5. The summed E-state index contributed by atoms with van der Waals surface area (Å²) in [6, 6.07) is 12.3. The summed E-state index contributed by atoms with van der Waals surface area (Å²) in [4.78, 5) is 27.7. The standard InChI is InChI=1S/C21H23FN2O2/c1-23-13-15-5-4-12-24(14-15)21(26)19-7-3-2-6-18(19)20(25)16-8-10-17(22)11-9-16/h2-3,6-11,15,23H,4-5,12-14H2,1H3/t15-/m0/s1. The number of amides is 1. The van der Waals surface area contributed by atoms with Crippen LogP contribution in [0.3, 0.4) is 0 Å². The lowest BCUT2D eigenvalue weighted by Gasteiger charge is -2.33. The number of hydrogen-bond donors (Lipinski definition) is 1. The van der Waals surface area contributed by atoms with Gasteiger partial charge in [0.05, 0.1) is 5.56 Å². The van der Waals surface area contributed by atoms with E-state index in [0.717, 1.165) is 19.4 Å². The van der Waals surface area contributed by atoms with E-state index in [2.05, 4.69) is 5.32 Å². The number of rotatable bonds is 5. The summed E-state index contributed by atoms with van der Waals surface area (Å²) < 4.78 is 13.1. The molecule has 0 bridgehead atoms. The van der Waals surface area contributed by atoms with E-state index in [-0.39, 0.29) is 11.7 Å². The summed E-state index contributed by atoms with van der Waals surface area (Å²) in [5.74, 6) is -0.345. The molecule has 0 spiro atoms. The molecule has 1 aliphatic rings. The largest absolute Gasteiger partial charge is 0.338 e. The van der Waals surface area contributed by atoms with Gasteiger partial charge >= 0.3 is 0 Å². The van der Waals surface area contributed by atoms with Gasteiger partial charge in [-0.3, -0.25) is 9.59 Å². The van der Waals surface area contributed by atoms with Crippen LogP contribution in [0.1, 0.15) is 39.1 Å². The Bertz CT molecular complexity index is 787. The van der Waals surface area contributed by atoms with Crippen molar-refractivity contribution < 1.29 is 14.0 Å². The maximum atomic E-state index is 13.1. The number of hydrogen-bond acceptors (Lipinski definition) is 3. The summed E-state index contributed by atoms with van der Waals surface area (Å²) >= 11 is 0. The fourth-order valence-electron chi connectivity index (χ4n) is 3.50. The Hall–Kier alpha value is -2.53. The van der Waals surface area contributed by atoms with Crippen molar-refractivity contribution in [1.82, 2.24) is 10.2 Å². The predicted octanol–water partition coefficient (Wildman–Crippen LogP) is 3.13. The van der Waals surface area contributed by atoms with Crippen molar-refractivity contribution in [2.75, 3.05) is 26.7 Å². The van der Waals surface area contributed by atoms with E-state index in [0.29, 0.717) is 35.7 Å². The number of carbonyl (C=O) groups is 2. The molecule has 2 aromatic rings. The molecule has 0 saturated carbocycles. The molecule has 0 aromatic heterocycles. The summed E-state index contributed by atoms with van der Waals surface area (Å²) in [5.41, 5.74) is 1.14. The highest BCUT2D eigenvalue weighted by atomic mass is 19.1. The van der Waals surface area contributed by atoms with Gasteiger partial charge in [-0.25, -0.2) is 4.39 Å². The van der Waals surface area contributed by atoms with E-state index in [1.807, 2.05) is 11.9 Å². The van der Waals surface area contributed by atoms with Crippen LogP contribution in [0.2, 0.25) is 0 Å². The Morgan fingerprint density at radius 3 is 2.50 bits per heavy atom. The van der Waals surface area contributed by atoms with E-state index in [1.54, 1.807) is 24.3 Å². The second-order valence-electron chi connectivity index (χ2n) is 6.70. The zero-order valence-electron chi connectivity index (χ0n) is 14.9. The molecule has 2 aromatic carbocycles.